The standard InChI is InChI=1S/C16H23BrN2O.ClH/c1-2-13(9-12-5-3-6-14(17)10-12)16(20)19-11-15-7-4-8-18-15;/h3,5-6,10,13,15,18H,2,4,7-9,11H2,1H3,(H,19,20);1H. The first-order chi connectivity index (χ1) is 9.69. The molecule has 0 spiro atoms. The summed E-state index contributed by atoms with van der Waals surface area (Å²) in [6.45, 7) is 3.92. The van der Waals surface area contributed by atoms with Gasteiger partial charge in [-0.3, -0.25) is 4.79 Å². The molecule has 0 aromatic heterocycles. The summed E-state index contributed by atoms with van der Waals surface area (Å²) < 4.78 is 1.07. The highest BCUT2D eigenvalue weighted by Gasteiger charge is 2.19. The third-order valence-electron chi connectivity index (χ3n) is 3.92. The highest BCUT2D eigenvalue weighted by molar-refractivity contribution is 9.10. The minimum absolute atomic E-state index is 0. The largest absolute Gasteiger partial charge is 0.354 e. The number of carbonyl (C=O) groups is 1. The molecule has 1 aromatic rings. The van der Waals surface area contributed by atoms with Crippen LogP contribution in [0, 0.1) is 5.92 Å². The Balaban J connectivity index is 0.00000220. The first-order valence-corrected chi connectivity index (χ1v) is 8.24. The third-order valence-corrected chi connectivity index (χ3v) is 4.41. The van der Waals surface area contributed by atoms with Crippen molar-refractivity contribution >= 4 is 34.2 Å². The summed E-state index contributed by atoms with van der Waals surface area (Å²) in [5.74, 6) is 0.242. The fraction of sp³-hybridized carbons (Fsp3) is 0.562. The molecule has 5 heteroatoms. The van der Waals surface area contributed by atoms with E-state index in [1.165, 1.54) is 18.4 Å². The van der Waals surface area contributed by atoms with Gasteiger partial charge in [0.25, 0.3) is 0 Å². The Bertz CT molecular complexity index is 450. The van der Waals surface area contributed by atoms with Crippen LogP contribution in [0.5, 0.6) is 0 Å². The molecule has 1 aromatic carbocycles. The van der Waals surface area contributed by atoms with Gasteiger partial charge in [0.2, 0.25) is 5.91 Å². The van der Waals surface area contributed by atoms with E-state index in [0.29, 0.717) is 6.04 Å². The Hall–Kier alpha value is -0.580. The van der Waals surface area contributed by atoms with E-state index in [-0.39, 0.29) is 24.2 Å². The number of halogens is 2. The number of amides is 1. The Morgan fingerprint density at radius 1 is 1.52 bits per heavy atom. The van der Waals surface area contributed by atoms with Crippen molar-refractivity contribution < 1.29 is 4.79 Å². The van der Waals surface area contributed by atoms with E-state index in [1.54, 1.807) is 0 Å². The van der Waals surface area contributed by atoms with E-state index >= 15 is 0 Å². The maximum atomic E-state index is 12.3. The maximum Gasteiger partial charge on any atom is 0.223 e. The zero-order valence-corrected chi connectivity index (χ0v) is 14.8. The molecule has 21 heavy (non-hydrogen) atoms. The van der Waals surface area contributed by atoms with Crippen molar-refractivity contribution in [2.75, 3.05) is 13.1 Å². The SMILES string of the molecule is CCC(Cc1cccc(Br)c1)C(=O)NCC1CCCN1.Cl. The second kappa shape index (κ2) is 9.44. The Morgan fingerprint density at radius 3 is 2.95 bits per heavy atom. The second-order valence-electron chi connectivity index (χ2n) is 5.48. The average molecular weight is 376 g/mol. The van der Waals surface area contributed by atoms with Crippen LogP contribution in [0.15, 0.2) is 28.7 Å². The molecule has 1 fully saturated rings. The lowest BCUT2D eigenvalue weighted by Crippen LogP contribution is -2.40. The van der Waals surface area contributed by atoms with Crippen LogP contribution in [0.2, 0.25) is 0 Å². The first-order valence-electron chi connectivity index (χ1n) is 7.44. The number of carbonyl (C=O) groups excluding carboxylic acids is 1. The molecule has 0 aliphatic carbocycles. The van der Waals surface area contributed by atoms with Crippen molar-refractivity contribution in [3.8, 4) is 0 Å². The topological polar surface area (TPSA) is 41.1 Å². The first kappa shape index (κ1) is 18.5. The monoisotopic (exact) mass is 374 g/mol. The maximum absolute atomic E-state index is 12.3. The van der Waals surface area contributed by atoms with E-state index in [9.17, 15) is 4.79 Å². The van der Waals surface area contributed by atoms with Crippen molar-refractivity contribution in [3.63, 3.8) is 0 Å². The van der Waals surface area contributed by atoms with Gasteiger partial charge in [0.1, 0.15) is 0 Å². The number of nitrogens with one attached hydrogen (secondary N) is 2. The molecular formula is C16H24BrClN2O. The van der Waals surface area contributed by atoms with Crippen molar-refractivity contribution in [1.29, 1.82) is 0 Å². The van der Waals surface area contributed by atoms with Crippen molar-refractivity contribution in [3.05, 3.63) is 34.3 Å². The molecule has 118 valence electrons. The van der Waals surface area contributed by atoms with Gasteiger partial charge in [-0.25, -0.2) is 0 Å². The lowest BCUT2D eigenvalue weighted by atomic mass is 9.96. The van der Waals surface area contributed by atoms with E-state index in [4.69, 9.17) is 0 Å². The van der Waals surface area contributed by atoms with Crippen molar-refractivity contribution in [2.24, 2.45) is 5.92 Å². The third kappa shape index (κ3) is 5.97. The van der Waals surface area contributed by atoms with Crippen LogP contribution in [0.4, 0.5) is 0 Å². The van der Waals surface area contributed by atoms with Gasteiger partial charge >= 0.3 is 0 Å². The zero-order chi connectivity index (χ0) is 14.4. The van der Waals surface area contributed by atoms with Gasteiger partial charge in [-0.2, -0.15) is 0 Å². The van der Waals surface area contributed by atoms with Crippen LogP contribution in [0.3, 0.4) is 0 Å². The second-order valence-corrected chi connectivity index (χ2v) is 6.39. The predicted octanol–water partition coefficient (Wildman–Crippen LogP) is 3.31. The number of hydrogen-bond donors (Lipinski definition) is 2. The van der Waals surface area contributed by atoms with Gasteiger partial charge in [0, 0.05) is 23.0 Å². The summed E-state index contributed by atoms with van der Waals surface area (Å²) in [7, 11) is 0. The van der Waals surface area contributed by atoms with Gasteiger partial charge in [-0.05, 0) is 49.9 Å². The Morgan fingerprint density at radius 2 is 2.33 bits per heavy atom. The number of hydrogen-bond acceptors (Lipinski definition) is 2. The van der Waals surface area contributed by atoms with E-state index in [1.807, 2.05) is 12.1 Å². The van der Waals surface area contributed by atoms with Gasteiger partial charge in [-0.1, -0.05) is 35.0 Å². The van der Waals surface area contributed by atoms with Crippen LogP contribution < -0.4 is 10.6 Å². The summed E-state index contributed by atoms with van der Waals surface area (Å²) in [4.78, 5) is 12.3. The van der Waals surface area contributed by atoms with Gasteiger partial charge in [0.15, 0.2) is 0 Å². The molecule has 1 heterocycles. The fourth-order valence-electron chi connectivity index (χ4n) is 2.67. The smallest absolute Gasteiger partial charge is 0.223 e. The molecule has 1 aliphatic rings. The molecule has 0 saturated carbocycles. The highest BCUT2D eigenvalue weighted by atomic mass is 79.9. The van der Waals surface area contributed by atoms with Crippen LogP contribution in [-0.4, -0.2) is 25.0 Å². The van der Waals surface area contributed by atoms with Crippen LogP contribution >= 0.6 is 28.3 Å². The minimum atomic E-state index is 0. The van der Waals surface area contributed by atoms with E-state index in [0.717, 1.165) is 30.4 Å². The molecule has 0 radical (unpaired) electrons. The van der Waals surface area contributed by atoms with Crippen molar-refractivity contribution in [1.82, 2.24) is 10.6 Å². The summed E-state index contributed by atoms with van der Waals surface area (Å²) >= 11 is 3.48. The predicted molar refractivity (Wildman–Crippen MR) is 92.9 cm³/mol. The molecule has 1 saturated heterocycles. The molecule has 1 aliphatic heterocycles. The van der Waals surface area contributed by atoms with Crippen LogP contribution in [0.25, 0.3) is 0 Å². The summed E-state index contributed by atoms with van der Waals surface area (Å²) in [6.07, 6.45) is 4.06. The van der Waals surface area contributed by atoms with Gasteiger partial charge in [0.05, 0.1) is 0 Å². The Labute approximate surface area is 141 Å². The van der Waals surface area contributed by atoms with Gasteiger partial charge in [-0.15, -0.1) is 12.4 Å². The Kier molecular flexibility index (Phi) is 8.30. The number of benzene rings is 1. The van der Waals surface area contributed by atoms with Crippen molar-refractivity contribution in [2.45, 2.75) is 38.6 Å². The fourth-order valence-corrected chi connectivity index (χ4v) is 3.12. The van der Waals surface area contributed by atoms with Crippen LogP contribution in [0.1, 0.15) is 31.7 Å². The molecule has 2 unspecified atom stereocenters. The molecule has 3 nitrogen and oxygen atoms in total. The lowest BCUT2D eigenvalue weighted by molar-refractivity contribution is -0.125. The molecule has 2 N–H and O–H groups in total. The zero-order valence-electron chi connectivity index (χ0n) is 12.4. The molecule has 2 rings (SSSR count). The quantitative estimate of drug-likeness (QED) is 0.801. The van der Waals surface area contributed by atoms with Gasteiger partial charge < -0.3 is 10.6 Å². The summed E-state index contributed by atoms with van der Waals surface area (Å²) in [5.41, 5.74) is 1.21. The molecular weight excluding hydrogens is 352 g/mol. The van der Waals surface area contributed by atoms with Crippen LogP contribution in [-0.2, 0) is 11.2 Å². The minimum Gasteiger partial charge on any atom is -0.354 e. The molecule has 0 bridgehead atoms. The average Bonchev–Trinajstić information content (AvgIpc) is 2.95. The highest BCUT2D eigenvalue weighted by Crippen LogP contribution is 2.17. The lowest BCUT2D eigenvalue weighted by Gasteiger charge is -2.17. The normalized spacial score (nSPS) is 18.9. The van der Waals surface area contributed by atoms with E-state index in [2.05, 4.69) is 45.6 Å². The number of rotatable bonds is 6. The molecule has 1 amide bonds. The summed E-state index contributed by atoms with van der Waals surface area (Å²) in [5, 5.41) is 6.50. The molecule has 2 atom stereocenters. The van der Waals surface area contributed by atoms with E-state index < -0.39 is 0 Å². The summed E-state index contributed by atoms with van der Waals surface area (Å²) in [6, 6.07) is 8.67.